The van der Waals surface area contributed by atoms with Crippen molar-refractivity contribution in [2.24, 2.45) is 0 Å². The first-order chi connectivity index (χ1) is 15.6. The molecule has 1 amide bonds. The van der Waals surface area contributed by atoms with E-state index >= 15 is 0 Å². The fourth-order valence-corrected chi connectivity index (χ4v) is 4.97. The van der Waals surface area contributed by atoms with Gasteiger partial charge in [0, 0.05) is 30.9 Å². The van der Waals surface area contributed by atoms with Gasteiger partial charge in [0.25, 0.3) is 5.91 Å². The van der Waals surface area contributed by atoms with E-state index in [1.54, 1.807) is 23.0 Å². The lowest BCUT2D eigenvalue weighted by atomic mass is 10.0. The Hall–Kier alpha value is -2.99. The van der Waals surface area contributed by atoms with Crippen LogP contribution in [0.25, 0.3) is 16.9 Å². The Bertz CT molecular complexity index is 1090. The van der Waals surface area contributed by atoms with Crippen molar-refractivity contribution in [1.82, 2.24) is 19.6 Å². The summed E-state index contributed by atoms with van der Waals surface area (Å²) < 4.78 is 15.1. The predicted molar refractivity (Wildman–Crippen MR) is 123 cm³/mol. The molecule has 3 aromatic rings. The number of likely N-dealkylation sites (tertiary alicyclic amines) is 2. The summed E-state index contributed by atoms with van der Waals surface area (Å²) in [7, 11) is 0. The fourth-order valence-electron chi connectivity index (χ4n) is 4.97. The van der Waals surface area contributed by atoms with Gasteiger partial charge in [-0.2, -0.15) is 5.10 Å². The quantitative estimate of drug-likeness (QED) is 0.601. The molecule has 0 spiro atoms. The predicted octanol–water partition coefficient (Wildman–Crippen LogP) is 4.69. The number of carbonyl (C=O) groups is 1. The Labute approximate surface area is 188 Å². The van der Waals surface area contributed by atoms with Crippen LogP contribution in [0.4, 0.5) is 4.39 Å². The van der Waals surface area contributed by atoms with Crippen LogP contribution in [-0.4, -0.2) is 57.7 Å². The molecule has 2 aliphatic rings. The van der Waals surface area contributed by atoms with Crippen LogP contribution < -0.4 is 0 Å². The van der Waals surface area contributed by atoms with Crippen molar-refractivity contribution in [3.8, 4) is 16.9 Å². The third-order valence-electron chi connectivity index (χ3n) is 6.74. The molecule has 0 aliphatic carbocycles. The minimum Gasteiger partial charge on any atom is -0.338 e. The summed E-state index contributed by atoms with van der Waals surface area (Å²) >= 11 is 0. The van der Waals surface area contributed by atoms with Crippen molar-refractivity contribution in [2.45, 2.75) is 38.6 Å². The zero-order valence-corrected chi connectivity index (χ0v) is 18.5. The third-order valence-corrected chi connectivity index (χ3v) is 6.74. The number of piperidine rings is 1. The van der Waals surface area contributed by atoms with Crippen LogP contribution in [0.1, 0.15) is 41.6 Å². The van der Waals surface area contributed by atoms with Crippen LogP contribution in [0.5, 0.6) is 0 Å². The monoisotopic (exact) mass is 432 g/mol. The van der Waals surface area contributed by atoms with E-state index < -0.39 is 0 Å². The van der Waals surface area contributed by atoms with Crippen LogP contribution >= 0.6 is 0 Å². The number of hydrogen-bond donors (Lipinski definition) is 0. The maximum atomic E-state index is 13.6. The molecule has 2 aliphatic heterocycles. The summed E-state index contributed by atoms with van der Waals surface area (Å²) in [5, 5.41) is 4.75. The van der Waals surface area contributed by atoms with Crippen LogP contribution in [0.3, 0.4) is 0 Å². The second-order valence-electron chi connectivity index (χ2n) is 8.95. The van der Waals surface area contributed by atoms with Crippen LogP contribution in [0, 0.1) is 12.7 Å². The summed E-state index contributed by atoms with van der Waals surface area (Å²) in [4.78, 5) is 18.2. The van der Waals surface area contributed by atoms with Gasteiger partial charge < -0.3 is 9.80 Å². The average molecular weight is 433 g/mol. The number of aromatic nitrogens is 2. The lowest BCUT2D eigenvalue weighted by molar-refractivity contribution is 0.0645. The van der Waals surface area contributed by atoms with Gasteiger partial charge in [-0.05, 0) is 76.0 Å². The van der Waals surface area contributed by atoms with Crippen molar-refractivity contribution in [3.63, 3.8) is 0 Å². The molecule has 0 N–H and O–H groups in total. The molecule has 2 aromatic carbocycles. The number of nitrogens with zero attached hydrogens (tertiary/aromatic N) is 4. The van der Waals surface area contributed by atoms with E-state index in [0.29, 0.717) is 17.3 Å². The van der Waals surface area contributed by atoms with E-state index in [1.165, 1.54) is 38.1 Å². The van der Waals surface area contributed by atoms with Crippen molar-refractivity contribution in [2.75, 3.05) is 26.2 Å². The molecule has 5 rings (SSSR count). The van der Waals surface area contributed by atoms with Gasteiger partial charge in [-0.25, -0.2) is 9.07 Å². The Kier molecular flexibility index (Phi) is 5.79. The molecule has 0 bridgehead atoms. The molecular formula is C26H29FN4O. The van der Waals surface area contributed by atoms with E-state index in [-0.39, 0.29) is 11.7 Å². The summed E-state index contributed by atoms with van der Waals surface area (Å²) in [5.41, 5.74) is 4.03. The molecule has 32 heavy (non-hydrogen) atoms. The molecule has 0 unspecified atom stereocenters. The van der Waals surface area contributed by atoms with Gasteiger partial charge in [-0.1, -0.05) is 23.8 Å². The molecule has 0 radical (unpaired) electrons. The smallest absolute Gasteiger partial charge is 0.257 e. The number of hydrogen-bond acceptors (Lipinski definition) is 3. The average Bonchev–Trinajstić information content (AvgIpc) is 3.50. The first kappa shape index (κ1) is 20.9. The molecule has 2 saturated heterocycles. The Balaban J connectivity index is 1.44. The van der Waals surface area contributed by atoms with Crippen molar-refractivity contribution in [3.05, 3.63) is 71.7 Å². The van der Waals surface area contributed by atoms with Crippen LogP contribution in [0.15, 0.2) is 54.7 Å². The maximum Gasteiger partial charge on any atom is 0.257 e. The first-order valence-corrected chi connectivity index (χ1v) is 11.5. The first-order valence-electron chi connectivity index (χ1n) is 11.5. The van der Waals surface area contributed by atoms with E-state index in [2.05, 4.69) is 4.90 Å². The molecule has 3 heterocycles. The minimum atomic E-state index is -0.294. The molecule has 1 aromatic heterocycles. The summed E-state index contributed by atoms with van der Waals surface area (Å²) in [6, 6.07) is 14.8. The standard InChI is InChI=1S/C26H29FN4O/c1-19-5-4-6-20(17-19)25-24(18-31(28-25)23-9-7-21(27)8-10-23)26(32)30-15-11-22(12-16-30)29-13-2-3-14-29/h4-10,17-18,22H,2-3,11-16H2,1H3. The Morgan fingerprint density at radius 2 is 1.72 bits per heavy atom. The minimum absolute atomic E-state index is 0.0229. The fraction of sp³-hybridized carbons (Fsp3) is 0.385. The number of aryl methyl sites for hydroxylation is 1. The van der Waals surface area contributed by atoms with Crippen LogP contribution in [-0.2, 0) is 0 Å². The zero-order chi connectivity index (χ0) is 22.1. The summed E-state index contributed by atoms with van der Waals surface area (Å²) in [5.74, 6) is -0.272. The van der Waals surface area contributed by atoms with Gasteiger partial charge in [-0.3, -0.25) is 4.79 Å². The molecular weight excluding hydrogens is 403 g/mol. The highest BCUT2D eigenvalue weighted by atomic mass is 19.1. The Morgan fingerprint density at radius 1 is 1.00 bits per heavy atom. The molecule has 2 fully saturated rings. The molecule has 0 saturated carbocycles. The second kappa shape index (κ2) is 8.87. The number of halogens is 1. The number of rotatable bonds is 4. The number of carbonyl (C=O) groups excluding carboxylic acids is 1. The SMILES string of the molecule is Cc1cccc(-c2nn(-c3ccc(F)cc3)cc2C(=O)N2CCC(N3CCCC3)CC2)c1. The molecule has 6 heteroatoms. The lowest BCUT2D eigenvalue weighted by Crippen LogP contribution is -2.45. The van der Waals surface area contributed by atoms with E-state index in [0.717, 1.165) is 42.7 Å². The highest BCUT2D eigenvalue weighted by Gasteiger charge is 2.30. The van der Waals surface area contributed by atoms with Gasteiger partial charge in [0.05, 0.1) is 11.3 Å². The second-order valence-corrected chi connectivity index (χ2v) is 8.95. The topological polar surface area (TPSA) is 41.4 Å². The van der Waals surface area contributed by atoms with Gasteiger partial charge >= 0.3 is 0 Å². The third kappa shape index (κ3) is 4.19. The number of benzene rings is 2. The summed E-state index contributed by atoms with van der Waals surface area (Å²) in [6.45, 7) is 5.97. The van der Waals surface area contributed by atoms with Crippen molar-refractivity contribution < 1.29 is 9.18 Å². The van der Waals surface area contributed by atoms with Crippen molar-refractivity contribution in [1.29, 1.82) is 0 Å². The van der Waals surface area contributed by atoms with Crippen molar-refractivity contribution >= 4 is 5.91 Å². The van der Waals surface area contributed by atoms with Gasteiger partial charge in [0.1, 0.15) is 11.5 Å². The maximum absolute atomic E-state index is 13.6. The van der Waals surface area contributed by atoms with Gasteiger partial charge in [-0.15, -0.1) is 0 Å². The van der Waals surface area contributed by atoms with E-state index in [4.69, 9.17) is 5.10 Å². The normalized spacial score (nSPS) is 17.8. The molecule has 166 valence electrons. The highest BCUT2D eigenvalue weighted by molar-refractivity contribution is 6.00. The largest absolute Gasteiger partial charge is 0.338 e. The highest BCUT2D eigenvalue weighted by Crippen LogP contribution is 2.28. The van der Waals surface area contributed by atoms with E-state index in [1.807, 2.05) is 36.1 Å². The zero-order valence-electron chi connectivity index (χ0n) is 18.5. The van der Waals surface area contributed by atoms with E-state index in [9.17, 15) is 9.18 Å². The lowest BCUT2D eigenvalue weighted by Gasteiger charge is -2.36. The van der Waals surface area contributed by atoms with Gasteiger partial charge in [0.2, 0.25) is 0 Å². The van der Waals surface area contributed by atoms with Gasteiger partial charge in [0.15, 0.2) is 0 Å². The number of amides is 1. The summed E-state index contributed by atoms with van der Waals surface area (Å²) in [6.07, 6.45) is 6.43. The molecule has 0 atom stereocenters. The van der Waals surface area contributed by atoms with Crippen LogP contribution in [0.2, 0.25) is 0 Å². The molecule has 5 nitrogen and oxygen atoms in total. The Morgan fingerprint density at radius 3 is 2.41 bits per heavy atom.